The second kappa shape index (κ2) is 8.37. The van der Waals surface area contributed by atoms with Gasteiger partial charge in [-0.05, 0) is 43.5 Å². The van der Waals surface area contributed by atoms with Crippen molar-refractivity contribution < 1.29 is 22.5 Å². The van der Waals surface area contributed by atoms with E-state index in [1.54, 1.807) is 6.07 Å². The lowest BCUT2D eigenvalue weighted by Gasteiger charge is -2.39. The van der Waals surface area contributed by atoms with Gasteiger partial charge in [0.15, 0.2) is 11.7 Å². The Balaban J connectivity index is 2.17. The van der Waals surface area contributed by atoms with Crippen LogP contribution in [0.3, 0.4) is 0 Å². The summed E-state index contributed by atoms with van der Waals surface area (Å²) in [4.78, 5) is 0. The zero-order valence-corrected chi connectivity index (χ0v) is 17.8. The molecule has 5 heteroatoms. The van der Waals surface area contributed by atoms with Gasteiger partial charge < -0.3 is 4.74 Å². The Morgan fingerprint density at radius 3 is 2.48 bits per heavy atom. The van der Waals surface area contributed by atoms with Crippen molar-refractivity contribution >= 4 is 0 Å². The lowest BCUT2D eigenvalue weighted by molar-refractivity contribution is -0.759. The van der Waals surface area contributed by atoms with E-state index in [2.05, 4.69) is 43.2 Å². The number of pyridine rings is 1. The monoisotopic (exact) mass is 406 g/mol. The van der Waals surface area contributed by atoms with Gasteiger partial charge in [0.2, 0.25) is 5.69 Å². The van der Waals surface area contributed by atoms with Crippen LogP contribution >= 0.6 is 0 Å². The van der Waals surface area contributed by atoms with Crippen LogP contribution in [0.2, 0.25) is 0 Å². The molecule has 0 fully saturated rings. The summed E-state index contributed by atoms with van der Waals surface area (Å²) in [5.41, 5.74) is 3.98. The Bertz CT molecular complexity index is 862. The lowest BCUT2D eigenvalue weighted by Crippen LogP contribution is -2.61. The number of hydrogen-bond donors (Lipinski definition) is 0. The van der Waals surface area contributed by atoms with Gasteiger partial charge >= 0.3 is 6.36 Å². The molecule has 29 heavy (non-hydrogen) atoms. The molecule has 0 N–H and O–H groups in total. The van der Waals surface area contributed by atoms with E-state index in [1.165, 1.54) is 6.07 Å². The molecular weight excluding hydrogens is 375 g/mol. The summed E-state index contributed by atoms with van der Waals surface area (Å²) in [6, 6.07) is 8.93. The summed E-state index contributed by atoms with van der Waals surface area (Å²) in [5.74, 6) is 0.0954. The van der Waals surface area contributed by atoms with E-state index in [0.29, 0.717) is 0 Å². The standard InChI is InChI=1S/C24H31F3NO/c1-5-7-8-9-21-19-12-11-18(29-24(25,26)27)15-20(19)22-13-10-17(3)16-28(22)23(21,4)14-6-2/h10-13,15-16,21H,5-9,14H2,1-4H3/q+1. The number of unbranched alkanes of at least 4 members (excludes halogenated alkanes) is 2. The largest absolute Gasteiger partial charge is 0.573 e. The molecule has 0 amide bonds. The Morgan fingerprint density at radius 1 is 1.07 bits per heavy atom. The Labute approximate surface area is 171 Å². The van der Waals surface area contributed by atoms with E-state index in [9.17, 15) is 13.2 Å². The number of rotatable bonds is 7. The molecule has 0 saturated heterocycles. The van der Waals surface area contributed by atoms with Crippen molar-refractivity contribution in [1.29, 1.82) is 0 Å². The second-order valence-corrected chi connectivity index (χ2v) is 8.41. The van der Waals surface area contributed by atoms with Crippen molar-refractivity contribution in [3.05, 3.63) is 47.7 Å². The van der Waals surface area contributed by atoms with Gasteiger partial charge in [0.1, 0.15) is 5.75 Å². The predicted octanol–water partition coefficient (Wildman–Crippen LogP) is 7.04. The highest BCUT2D eigenvalue weighted by atomic mass is 19.4. The number of hydrogen-bond acceptors (Lipinski definition) is 1. The van der Waals surface area contributed by atoms with Gasteiger partial charge in [0.05, 0.1) is 5.56 Å². The number of benzene rings is 1. The maximum absolute atomic E-state index is 12.8. The highest BCUT2D eigenvalue weighted by molar-refractivity contribution is 5.66. The van der Waals surface area contributed by atoms with Crippen LogP contribution < -0.4 is 9.30 Å². The molecular formula is C24H31F3NO+. The smallest absolute Gasteiger partial charge is 0.406 e. The maximum atomic E-state index is 12.8. The molecule has 158 valence electrons. The highest BCUT2D eigenvalue weighted by Gasteiger charge is 2.49. The van der Waals surface area contributed by atoms with E-state index in [-0.39, 0.29) is 17.2 Å². The predicted molar refractivity (Wildman–Crippen MR) is 109 cm³/mol. The minimum atomic E-state index is -4.69. The van der Waals surface area contributed by atoms with Crippen LogP contribution in [0.1, 0.15) is 76.3 Å². The Morgan fingerprint density at radius 2 is 1.83 bits per heavy atom. The molecule has 1 aromatic carbocycles. The number of ether oxygens (including phenoxy) is 1. The zero-order valence-electron chi connectivity index (χ0n) is 17.8. The van der Waals surface area contributed by atoms with Crippen LogP contribution in [-0.2, 0) is 5.54 Å². The summed E-state index contributed by atoms with van der Waals surface area (Å²) in [7, 11) is 0. The third kappa shape index (κ3) is 4.44. The van der Waals surface area contributed by atoms with Crippen LogP contribution in [0.15, 0.2) is 36.5 Å². The lowest BCUT2D eigenvalue weighted by atomic mass is 9.70. The molecule has 2 unspecified atom stereocenters. The molecule has 2 aromatic rings. The normalized spacial score (nSPS) is 20.9. The minimum absolute atomic E-state index is 0.108. The first-order valence-corrected chi connectivity index (χ1v) is 10.6. The van der Waals surface area contributed by atoms with Crippen molar-refractivity contribution in [1.82, 2.24) is 0 Å². The van der Waals surface area contributed by atoms with E-state index in [4.69, 9.17) is 0 Å². The number of aromatic nitrogens is 1. The van der Waals surface area contributed by atoms with Gasteiger partial charge in [0, 0.05) is 30.9 Å². The molecule has 0 aliphatic carbocycles. The highest BCUT2D eigenvalue weighted by Crippen LogP contribution is 2.47. The van der Waals surface area contributed by atoms with Crippen molar-refractivity contribution in [2.24, 2.45) is 0 Å². The molecule has 0 spiro atoms. The van der Waals surface area contributed by atoms with E-state index in [1.807, 2.05) is 18.2 Å². The minimum Gasteiger partial charge on any atom is -0.406 e. The van der Waals surface area contributed by atoms with E-state index >= 15 is 0 Å². The maximum Gasteiger partial charge on any atom is 0.573 e. The molecule has 3 rings (SSSR count). The summed E-state index contributed by atoms with van der Waals surface area (Å²) in [6.07, 6.45) is 3.97. The third-order valence-corrected chi connectivity index (χ3v) is 6.16. The second-order valence-electron chi connectivity index (χ2n) is 8.41. The molecule has 0 radical (unpaired) electrons. The van der Waals surface area contributed by atoms with Crippen LogP contribution in [0.25, 0.3) is 11.3 Å². The first-order valence-electron chi connectivity index (χ1n) is 10.6. The molecule has 1 aliphatic heterocycles. The van der Waals surface area contributed by atoms with Gasteiger partial charge in [0.25, 0.3) is 0 Å². The molecule has 0 saturated carbocycles. The summed E-state index contributed by atoms with van der Waals surface area (Å²) in [6.45, 7) is 8.75. The third-order valence-electron chi connectivity index (χ3n) is 6.16. The van der Waals surface area contributed by atoms with Crippen LogP contribution in [0, 0.1) is 6.92 Å². The number of alkyl halides is 3. The van der Waals surface area contributed by atoms with Crippen LogP contribution in [0.4, 0.5) is 13.2 Å². The van der Waals surface area contributed by atoms with Crippen LogP contribution in [0.5, 0.6) is 5.75 Å². The first kappa shape index (κ1) is 21.7. The average Bonchev–Trinajstić information content (AvgIpc) is 2.64. The fourth-order valence-corrected chi connectivity index (χ4v) is 4.88. The first-order chi connectivity index (χ1) is 13.7. The molecule has 2 heterocycles. The molecule has 1 aliphatic rings. The zero-order chi connectivity index (χ0) is 21.2. The number of fused-ring (bicyclic) bond motifs is 3. The van der Waals surface area contributed by atoms with Gasteiger partial charge in [-0.2, -0.15) is 4.57 Å². The average molecular weight is 407 g/mol. The Kier molecular flexibility index (Phi) is 6.25. The van der Waals surface area contributed by atoms with Crippen molar-refractivity contribution in [3.63, 3.8) is 0 Å². The van der Waals surface area contributed by atoms with Crippen molar-refractivity contribution in [3.8, 4) is 17.0 Å². The SMILES string of the molecule is CCCCCC1c2ccc(OC(F)(F)F)cc2-c2ccc(C)c[n+]2C1(C)CCC. The molecule has 2 atom stereocenters. The number of aryl methyl sites for hydroxylation is 1. The summed E-state index contributed by atoms with van der Waals surface area (Å²) in [5, 5.41) is 0. The molecule has 0 bridgehead atoms. The van der Waals surface area contributed by atoms with Gasteiger partial charge in [-0.15, -0.1) is 13.2 Å². The fraction of sp³-hybridized carbons (Fsp3) is 0.542. The van der Waals surface area contributed by atoms with Gasteiger partial charge in [-0.1, -0.05) is 39.2 Å². The number of nitrogens with zero attached hydrogens (tertiary/aromatic N) is 1. The number of halogens is 3. The van der Waals surface area contributed by atoms with Gasteiger partial charge in [-0.3, -0.25) is 0 Å². The van der Waals surface area contributed by atoms with Crippen molar-refractivity contribution in [2.75, 3.05) is 0 Å². The quantitative estimate of drug-likeness (QED) is 0.355. The van der Waals surface area contributed by atoms with Crippen LogP contribution in [-0.4, -0.2) is 6.36 Å². The van der Waals surface area contributed by atoms with E-state index in [0.717, 1.165) is 60.9 Å². The van der Waals surface area contributed by atoms with Crippen molar-refractivity contribution in [2.45, 2.75) is 84.0 Å². The Hall–Kier alpha value is -2.04. The fourth-order valence-electron chi connectivity index (χ4n) is 4.88. The van der Waals surface area contributed by atoms with Gasteiger partial charge in [-0.25, -0.2) is 0 Å². The summed E-state index contributed by atoms with van der Waals surface area (Å²) < 4.78 is 44.9. The topological polar surface area (TPSA) is 13.1 Å². The molecule has 2 nitrogen and oxygen atoms in total. The van der Waals surface area contributed by atoms with E-state index < -0.39 is 6.36 Å². The molecule has 1 aromatic heterocycles. The summed E-state index contributed by atoms with van der Waals surface area (Å²) >= 11 is 0.